The summed E-state index contributed by atoms with van der Waals surface area (Å²) in [5.74, 6) is 0.759. The summed E-state index contributed by atoms with van der Waals surface area (Å²) >= 11 is 6.23. The minimum atomic E-state index is -0.105. The van der Waals surface area contributed by atoms with Gasteiger partial charge in [0, 0.05) is 38.4 Å². The van der Waals surface area contributed by atoms with Crippen molar-refractivity contribution in [1.82, 2.24) is 4.90 Å². The summed E-state index contributed by atoms with van der Waals surface area (Å²) in [5, 5.41) is 0.349. The lowest BCUT2D eigenvalue weighted by Crippen LogP contribution is -2.30. The number of hydrogen-bond acceptors (Lipinski definition) is 4. The van der Waals surface area contributed by atoms with Gasteiger partial charge in [-0.05, 0) is 36.8 Å². The van der Waals surface area contributed by atoms with Crippen LogP contribution in [-0.2, 0) is 6.54 Å². The molecular weight excluding hydrogens is 352 g/mol. The summed E-state index contributed by atoms with van der Waals surface area (Å²) < 4.78 is 10.5. The fourth-order valence-corrected chi connectivity index (χ4v) is 2.96. The summed E-state index contributed by atoms with van der Waals surface area (Å²) in [5.41, 5.74) is 2.66. The average Bonchev–Trinajstić information content (AvgIpc) is 2.65. The van der Waals surface area contributed by atoms with Gasteiger partial charge in [0.05, 0.1) is 19.2 Å². The molecule has 0 atom stereocenters. The van der Waals surface area contributed by atoms with Crippen LogP contribution in [-0.4, -0.2) is 45.7 Å². The number of amides is 1. The second kappa shape index (κ2) is 8.81. The van der Waals surface area contributed by atoms with Crippen LogP contribution in [0.15, 0.2) is 36.4 Å². The fraction of sp³-hybridized carbons (Fsp3) is 0.350. The highest BCUT2D eigenvalue weighted by Gasteiger charge is 2.19. The Kier molecular flexibility index (Phi) is 6.75. The highest BCUT2D eigenvalue weighted by Crippen LogP contribution is 2.36. The standard InChI is InChI=1S/C20H25ClN2O3/c1-6-23(13-14-7-9-16(10-8-14)22(2)3)20(24)15-11-17(21)19(26-5)18(12-15)25-4/h7-12H,6,13H2,1-5H3. The van der Waals surface area contributed by atoms with Crippen LogP contribution in [0.25, 0.3) is 0 Å². The van der Waals surface area contributed by atoms with Crippen molar-refractivity contribution in [2.75, 3.05) is 39.8 Å². The lowest BCUT2D eigenvalue weighted by atomic mass is 10.1. The smallest absolute Gasteiger partial charge is 0.254 e. The van der Waals surface area contributed by atoms with Crippen molar-refractivity contribution >= 4 is 23.2 Å². The Morgan fingerprint density at radius 2 is 1.73 bits per heavy atom. The van der Waals surface area contributed by atoms with Crippen LogP contribution in [0.2, 0.25) is 5.02 Å². The Labute approximate surface area is 160 Å². The Morgan fingerprint density at radius 3 is 2.23 bits per heavy atom. The van der Waals surface area contributed by atoms with Gasteiger partial charge in [-0.25, -0.2) is 0 Å². The van der Waals surface area contributed by atoms with Gasteiger partial charge in [0.1, 0.15) is 0 Å². The first-order chi connectivity index (χ1) is 12.4. The highest BCUT2D eigenvalue weighted by molar-refractivity contribution is 6.32. The number of halogens is 1. The van der Waals surface area contributed by atoms with E-state index in [9.17, 15) is 4.79 Å². The maximum Gasteiger partial charge on any atom is 0.254 e. The Hall–Kier alpha value is -2.40. The summed E-state index contributed by atoms with van der Waals surface area (Å²) in [6, 6.07) is 11.4. The number of nitrogens with zero attached hydrogens (tertiary/aromatic N) is 2. The number of ether oxygens (including phenoxy) is 2. The van der Waals surface area contributed by atoms with Gasteiger partial charge in [0.2, 0.25) is 0 Å². The molecule has 0 radical (unpaired) electrons. The van der Waals surface area contributed by atoms with Gasteiger partial charge in [0.25, 0.3) is 5.91 Å². The number of methoxy groups -OCH3 is 2. The Morgan fingerprint density at radius 1 is 1.08 bits per heavy atom. The summed E-state index contributed by atoms with van der Waals surface area (Å²) in [4.78, 5) is 16.7. The molecule has 0 aliphatic heterocycles. The van der Waals surface area contributed by atoms with Gasteiger partial charge in [0.15, 0.2) is 11.5 Å². The van der Waals surface area contributed by atoms with E-state index in [4.69, 9.17) is 21.1 Å². The van der Waals surface area contributed by atoms with Crippen LogP contribution in [0.5, 0.6) is 11.5 Å². The zero-order chi connectivity index (χ0) is 19.3. The predicted octanol–water partition coefficient (Wildman–Crippen LogP) is 4.09. The van der Waals surface area contributed by atoms with Gasteiger partial charge in [-0.2, -0.15) is 0 Å². The Balaban J connectivity index is 2.24. The molecule has 0 aromatic heterocycles. The third-order valence-electron chi connectivity index (χ3n) is 4.18. The van der Waals surface area contributed by atoms with Crippen molar-refractivity contribution in [1.29, 1.82) is 0 Å². The number of anilines is 1. The molecule has 2 aromatic carbocycles. The van der Waals surface area contributed by atoms with Crippen molar-refractivity contribution in [2.24, 2.45) is 0 Å². The number of carbonyl (C=O) groups is 1. The van der Waals surface area contributed by atoms with Crippen molar-refractivity contribution < 1.29 is 14.3 Å². The second-order valence-corrected chi connectivity index (χ2v) is 6.48. The maximum absolute atomic E-state index is 12.9. The van der Waals surface area contributed by atoms with E-state index >= 15 is 0 Å². The van der Waals surface area contributed by atoms with Crippen molar-refractivity contribution in [3.05, 3.63) is 52.5 Å². The second-order valence-electron chi connectivity index (χ2n) is 6.07. The first kappa shape index (κ1) is 19.9. The summed E-state index contributed by atoms with van der Waals surface area (Å²) in [6.07, 6.45) is 0. The van der Waals surface area contributed by atoms with E-state index in [0.717, 1.165) is 11.3 Å². The van der Waals surface area contributed by atoms with Crippen molar-refractivity contribution in [3.63, 3.8) is 0 Å². The first-order valence-corrected chi connectivity index (χ1v) is 8.76. The molecule has 2 rings (SSSR count). The van der Waals surface area contributed by atoms with E-state index in [-0.39, 0.29) is 5.91 Å². The zero-order valence-electron chi connectivity index (χ0n) is 15.9. The quantitative estimate of drug-likeness (QED) is 0.730. The van der Waals surface area contributed by atoms with E-state index in [0.29, 0.717) is 35.2 Å². The van der Waals surface area contributed by atoms with E-state index in [1.807, 2.05) is 50.2 Å². The monoisotopic (exact) mass is 376 g/mol. The lowest BCUT2D eigenvalue weighted by molar-refractivity contribution is 0.0752. The van der Waals surface area contributed by atoms with Crippen LogP contribution < -0.4 is 14.4 Å². The molecule has 1 amide bonds. The molecule has 0 saturated heterocycles. The van der Waals surface area contributed by atoms with E-state index < -0.39 is 0 Å². The van der Waals surface area contributed by atoms with Gasteiger partial charge in [-0.1, -0.05) is 23.7 Å². The molecule has 0 fully saturated rings. The molecule has 0 N–H and O–H groups in total. The molecule has 0 heterocycles. The maximum atomic E-state index is 12.9. The first-order valence-electron chi connectivity index (χ1n) is 8.38. The van der Waals surface area contributed by atoms with E-state index in [2.05, 4.69) is 0 Å². The number of carbonyl (C=O) groups excluding carboxylic acids is 1. The van der Waals surface area contributed by atoms with Crippen LogP contribution >= 0.6 is 11.6 Å². The predicted molar refractivity (Wildman–Crippen MR) is 106 cm³/mol. The van der Waals surface area contributed by atoms with Gasteiger partial charge >= 0.3 is 0 Å². The van der Waals surface area contributed by atoms with Crippen LogP contribution in [0, 0.1) is 0 Å². The molecule has 0 unspecified atom stereocenters. The largest absolute Gasteiger partial charge is 0.493 e. The normalized spacial score (nSPS) is 10.4. The van der Waals surface area contributed by atoms with Crippen LogP contribution in [0.3, 0.4) is 0 Å². The topological polar surface area (TPSA) is 42.0 Å². The minimum absolute atomic E-state index is 0.105. The average molecular weight is 377 g/mol. The van der Waals surface area contributed by atoms with Crippen molar-refractivity contribution in [2.45, 2.75) is 13.5 Å². The molecule has 140 valence electrons. The fourth-order valence-electron chi connectivity index (χ4n) is 2.67. The number of rotatable bonds is 7. The molecule has 0 bridgehead atoms. The number of hydrogen-bond donors (Lipinski definition) is 0. The van der Waals surface area contributed by atoms with Gasteiger partial charge < -0.3 is 19.3 Å². The van der Waals surface area contributed by atoms with Gasteiger partial charge in [-0.3, -0.25) is 4.79 Å². The summed E-state index contributed by atoms with van der Waals surface area (Å²) in [7, 11) is 7.03. The van der Waals surface area contributed by atoms with Crippen LogP contribution in [0.4, 0.5) is 5.69 Å². The van der Waals surface area contributed by atoms with E-state index in [1.165, 1.54) is 14.2 Å². The molecule has 5 nitrogen and oxygen atoms in total. The lowest BCUT2D eigenvalue weighted by Gasteiger charge is -2.22. The molecule has 0 aliphatic rings. The Bertz CT molecular complexity index is 760. The van der Waals surface area contributed by atoms with Gasteiger partial charge in [-0.15, -0.1) is 0 Å². The third-order valence-corrected chi connectivity index (χ3v) is 4.46. The SMILES string of the molecule is CCN(Cc1ccc(N(C)C)cc1)C(=O)c1cc(Cl)c(OC)c(OC)c1. The number of benzene rings is 2. The zero-order valence-corrected chi connectivity index (χ0v) is 16.6. The molecule has 6 heteroatoms. The molecule has 0 aliphatic carbocycles. The molecule has 0 spiro atoms. The highest BCUT2D eigenvalue weighted by atomic mass is 35.5. The molecule has 2 aromatic rings. The molecular formula is C20H25ClN2O3. The summed E-state index contributed by atoms with van der Waals surface area (Å²) in [6.45, 7) is 3.06. The molecule has 0 saturated carbocycles. The molecule has 26 heavy (non-hydrogen) atoms. The van der Waals surface area contributed by atoms with E-state index in [1.54, 1.807) is 17.0 Å². The third kappa shape index (κ3) is 4.41. The van der Waals surface area contributed by atoms with Crippen molar-refractivity contribution in [3.8, 4) is 11.5 Å². The minimum Gasteiger partial charge on any atom is -0.493 e. The van der Waals surface area contributed by atoms with Crippen LogP contribution in [0.1, 0.15) is 22.8 Å².